The molecule has 0 amide bonds. The van der Waals surface area contributed by atoms with Crippen molar-refractivity contribution < 1.29 is 66.6 Å². The van der Waals surface area contributed by atoms with Gasteiger partial charge < -0.3 is 39.2 Å². The summed E-state index contributed by atoms with van der Waals surface area (Å²) in [5, 5.41) is 29.8. The van der Waals surface area contributed by atoms with Gasteiger partial charge in [-0.3, -0.25) is 4.79 Å². The number of benzene rings is 1. The minimum atomic E-state index is -5.08. The molecule has 2 aliphatic carbocycles. The van der Waals surface area contributed by atoms with Gasteiger partial charge in [0.1, 0.15) is 5.76 Å². The summed E-state index contributed by atoms with van der Waals surface area (Å²) in [6.45, 7) is 4.57. The summed E-state index contributed by atoms with van der Waals surface area (Å²) in [5.41, 5.74) is -0.286. The average Bonchev–Trinajstić information content (AvgIpc) is 3.24. The molecule has 0 radical (unpaired) electrons. The highest BCUT2D eigenvalue weighted by atomic mass is 19.4. The van der Waals surface area contributed by atoms with Crippen LogP contribution in [-0.2, 0) is 45.2 Å². The quantitative estimate of drug-likeness (QED) is 0.331. The summed E-state index contributed by atoms with van der Waals surface area (Å²) >= 11 is 0. The lowest BCUT2D eigenvalue weighted by Gasteiger charge is -2.61. The first kappa shape index (κ1) is 31.1. The Morgan fingerprint density at radius 2 is 1.74 bits per heavy atom. The Kier molecular flexibility index (Phi) is 7.97. The van der Waals surface area contributed by atoms with Crippen LogP contribution in [0.25, 0.3) is 0 Å². The second kappa shape index (κ2) is 10.8. The first-order chi connectivity index (χ1) is 19.4. The van der Waals surface area contributed by atoms with Gasteiger partial charge in [0.25, 0.3) is 0 Å². The predicted molar refractivity (Wildman–Crippen MR) is 133 cm³/mol. The van der Waals surface area contributed by atoms with Gasteiger partial charge >= 0.3 is 30.1 Å². The molecule has 2 bridgehead atoms. The molecule has 3 N–H and O–H groups in total. The second-order valence-electron chi connectivity index (χ2n) is 10.7. The number of alkyl halides is 3. The Hall–Kier alpha value is -3.85. The molecule has 5 rings (SSSR count). The molecule has 0 saturated carbocycles. The molecule has 1 unspecified atom stereocenters. The normalized spacial score (nSPS) is 28.4. The average molecular weight is 602 g/mol. The number of likely N-dealkylation sites (N-methyl/N-ethyl adjacent to an activating group) is 1. The number of likely N-dealkylation sites (tertiary alicyclic amines) is 1. The van der Waals surface area contributed by atoms with E-state index in [-0.39, 0.29) is 24.0 Å². The van der Waals surface area contributed by atoms with Crippen molar-refractivity contribution in [2.45, 2.75) is 81.6 Å². The van der Waals surface area contributed by atoms with Crippen LogP contribution in [0, 0.1) is 0 Å². The van der Waals surface area contributed by atoms with Gasteiger partial charge in [0.2, 0.25) is 0 Å². The number of carboxylic acid groups (broad SMARTS) is 1. The second-order valence-corrected chi connectivity index (χ2v) is 10.7. The van der Waals surface area contributed by atoms with Crippen molar-refractivity contribution in [2.75, 3.05) is 13.6 Å². The number of rotatable bonds is 5. The van der Waals surface area contributed by atoms with Gasteiger partial charge in [-0.15, -0.1) is 0 Å². The van der Waals surface area contributed by atoms with E-state index in [1.807, 2.05) is 13.1 Å². The van der Waals surface area contributed by atoms with Crippen LogP contribution in [0.5, 0.6) is 11.5 Å². The zero-order valence-electron chi connectivity index (χ0n) is 23.1. The number of esters is 3. The number of aliphatic carboxylic acids is 1. The van der Waals surface area contributed by atoms with E-state index < -0.39 is 59.4 Å². The third-order valence-electron chi connectivity index (χ3n) is 8.11. The molecule has 12 nitrogen and oxygen atoms in total. The molecule has 42 heavy (non-hydrogen) atoms. The number of carboxylic acids is 1. The Bertz CT molecular complexity index is 1350. The van der Waals surface area contributed by atoms with Gasteiger partial charge in [0, 0.05) is 24.9 Å². The SMILES string of the molecule is CC(=O)O[C@@H](C)C(=O)O[C@@H](C)C(=O)OC1=CC[C@]2(O)C3Cc4ccc(O)c5c4[C@@]2(CCN3C)[C@H]1O5.O=C(O)C(F)(F)F. The lowest BCUT2D eigenvalue weighted by atomic mass is 9.50. The van der Waals surface area contributed by atoms with Crippen molar-refractivity contribution in [3.8, 4) is 11.5 Å². The van der Waals surface area contributed by atoms with Crippen molar-refractivity contribution in [3.63, 3.8) is 0 Å². The summed E-state index contributed by atoms with van der Waals surface area (Å²) < 4.78 is 53.5. The number of ether oxygens (including phenoxy) is 4. The van der Waals surface area contributed by atoms with Crippen LogP contribution >= 0.6 is 0 Å². The van der Waals surface area contributed by atoms with Gasteiger partial charge in [-0.25, -0.2) is 14.4 Å². The maximum Gasteiger partial charge on any atom is 0.490 e. The zero-order valence-corrected chi connectivity index (χ0v) is 23.1. The summed E-state index contributed by atoms with van der Waals surface area (Å²) in [5.74, 6) is -4.61. The molecular weight excluding hydrogens is 571 g/mol. The topological polar surface area (TPSA) is 169 Å². The van der Waals surface area contributed by atoms with Gasteiger partial charge in [0.05, 0.1) is 11.0 Å². The van der Waals surface area contributed by atoms with Gasteiger partial charge in [0.15, 0.2) is 29.8 Å². The fourth-order valence-corrected chi connectivity index (χ4v) is 6.25. The molecule has 2 aliphatic heterocycles. The number of carbonyl (C=O) groups is 4. The first-order valence-corrected chi connectivity index (χ1v) is 13.0. The predicted octanol–water partition coefficient (Wildman–Crippen LogP) is 1.73. The zero-order chi connectivity index (χ0) is 31.4. The number of aliphatic hydroxyl groups is 1. The number of phenolic OH excluding ortho intramolecular Hbond substituents is 1. The Morgan fingerprint density at radius 1 is 1.12 bits per heavy atom. The third kappa shape index (κ3) is 5.04. The van der Waals surface area contributed by atoms with E-state index in [1.54, 1.807) is 12.1 Å². The summed E-state index contributed by atoms with van der Waals surface area (Å²) in [7, 11) is 1.98. The number of nitrogens with zero attached hydrogens (tertiary/aromatic N) is 1. The Morgan fingerprint density at radius 3 is 2.33 bits per heavy atom. The molecule has 1 fully saturated rings. The molecule has 1 aromatic carbocycles. The van der Waals surface area contributed by atoms with E-state index >= 15 is 0 Å². The van der Waals surface area contributed by atoms with Crippen LogP contribution in [0.2, 0.25) is 0 Å². The fourth-order valence-electron chi connectivity index (χ4n) is 6.25. The highest BCUT2D eigenvalue weighted by molar-refractivity contribution is 5.83. The molecule has 2 heterocycles. The largest absolute Gasteiger partial charge is 0.504 e. The minimum absolute atomic E-state index is 0.0281. The number of piperidine rings is 1. The van der Waals surface area contributed by atoms with Gasteiger partial charge in [-0.1, -0.05) is 6.07 Å². The van der Waals surface area contributed by atoms with E-state index in [9.17, 15) is 37.8 Å². The van der Waals surface area contributed by atoms with E-state index in [0.29, 0.717) is 25.1 Å². The lowest BCUT2D eigenvalue weighted by molar-refractivity contribution is -0.192. The summed E-state index contributed by atoms with van der Waals surface area (Å²) in [6, 6.07) is 3.29. The van der Waals surface area contributed by atoms with E-state index in [1.165, 1.54) is 20.8 Å². The maximum atomic E-state index is 12.9. The third-order valence-corrected chi connectivity index (χ3v) is 8.11. The monoisotopic (exact) mass is 601 g/mol. The number of carbonyl (C=O) groups excluding carboxylic acids is 3. The number of hydrogen-bond donors (Lipinski definition) is 3. The molecule has 4 aliphatic rings. The summed E-state index contributed by atoms with van der Waals surface area (Å²) in [4.78, 5) is 47.1. The molecular formula is C27H30F3NO11. The van der Waals surface area contributed by atoms with Gasteiger partial charge in [-0.2, -0.15) is 13.2 Å². The molecule has 230 valence electrons. The standard InChI is InChI=1S/C25H29NO9.C2HF3O2/c1-12(32-14(3)27)22(29)33-13(2)23(30)34-17-7-8-25(31)18-11-15-5-6-16(28)20-19(15)24(25,21(17)35-20)9-10-26(18)4;3-2(4,5)1(6)7/h5-7,12-13,18,21,28,31H,8-11H2,1-4H3;(H,6,7)/t12-,13-,18?,21-,24-,25-;/m0./s1. The van der Waals surface area contributed by atoms with Crippen LogP contribution < -0.4 is 4.74 Å². The highest BCUT2D eigenvalue weighted by Gasteiger charge is 2.72. The number of aromatic hydroxyl groups is 1. The maximum absolute atomic E-state index is 12.9. The Labute approximate surface area is 237 Å². The lowest BCUT2D eigenvalue weighted by Crippen LogP contribution is -2.74. The smallest absolute Gasteiger partial charge is 0.490 e. The molecule has 1 saturated heterocycles. The van der Waals surface area contributed by atoms with E-state index in [0.717, 1.165) is 11.1 Å². The van der Waals surface area contributed by atoms with Crippen molar-refractivity contribution in [3.05, 3.63) is 35.1 Å². The van der Waals surface area contributed by atoms with E-state index in [4.69, 9.17) is 28.8 Å². The fraction of sp³-hybridized carbons (Fsp3) is 0.556. The molecule has 6 atom stereocenters. The number of hydrogen-bond acceptors (Lipinski definition) is 11. The first-order valence-electron chi connectivity index (χ1n) is 13.0. The minimum Gasteiger partial charge on any atom is -0.504 e. The number of phenols is 1. The van der Waals surface area contributed by atoms with Crippen LogP contribution in [0.1, 0.15) is 44.7 Å². The van der Waals surface area contributed by atoms with Crippen LogP contribution in [0.3, 0.4) is 0 Å². The van der Waals surface area contributed by atoms with Crippen LogP contribution in [-0.4, -0.2) is 93.8 Å². The van der Waals surface area contributed by atoms with Crippen molar-refractivity contribution in [1.29, 1.82) is 0 Å². The van der Waals surface area contributed by atoms with E-state index in [2.05, 4.69) is 4.90 Å². The molecule has 1 spiro atoms. The Balaban J connectivity index is 0.000000517. The van der Waals surface area contributed by atoms with Crippen molar-refractivity contribution in [1.82, 2.24) is 4.90 Å². The van der Waals surface area contributed by atoms with Crippen molar-refractivity contribution in [2.24, 2.45) is 0 Å². The van der Waals surface area contributed by atoms with Crippen LogP contribution in [0.4, 0.5) is 13.2 Å². The molecule has 1 aromatic rings. The van der Waals surface area contributed by atoms with Gasteiger partial charge in [-0.05, 0) is 58.0 Å². The highest BCUT2D eigenvalue weighted by Crippen LogP contribution is 2.65. The molecule has 15 heteroatoms. The number of halogens is 3. The van der Waals surface area contributed by atoms with Crippen LogP contribution in [0.15, 0.2) is 24.0 Å². The summed E-state index contributed by atoms with van der Waals surface area (Å²) in [6.07, 6.45) is -5.31. The molecule has 0 aromatic heterocycles. The van der Waals surface area contributed by atoms with Crippen molar-refractivity contribution >= 4 is 23.9 Å².